The standard InChI is InChI=1S/C17H22N2O4S/c1-17(2,3)11-16(20)19-13-6-4-8-15(10-13)24(21,22)18-12-14-7-5-9-23-14/h4-10,18H,11-12H2,1-3H3,(H,19,20). The van der Waals surface area contributed by atoms with Gasteiger partial charge in [0, 0.05) is 12.1 Å². The molecule has 0 unspecified atom stereocenters. The molecule has 1 heterocycles. The minimum absolute atomic E-state index is 0.0654. The van der Waals surface area contributed by atoms with Crippen molar-refractivity contribution in [3.63, 3.8) is 0 Å². The Morgan fingerprint density at radius 2 is 1.92 bits per heavy atom. The summed E-state index contributed by atoms with van der Waals surface area (Å²) in [6.45, 7) is 5.96. The van der Waals surface area contributed by atoms with E-state index in [0.29, 0.717) is 17.9 Å². The number of carbonyl (C=O) groups excluding carboxylic acids is 1. The second-order valence-electron chi connectivity index (χ2n) is 6.72. The zero-order chi connectivity index (χ0) is 17.8. The summed E-state index contributed by atoms with van der Waals surface area (Å²) < 4.78 is 32.2. The van der Waals surface area contributed by atoms with E-state index in [1.807, 2.05) is 20.8 Å². The molecule has 0 radical (unpaired) electrons. The zero-order valence-electron chi connectivity index (χ0n) is 14.0. The number of hydrogen-bond acceptors (Lipinski definition) is 4. The number of carbonyl (C=O) groups is 1. The number of furan rings is 1. The summed E-state index contributed by atoms with van der Waals surface area (Å²) in [6, 6.07) is 9.54. The molecule has 2 aromatic rings. The summed E-state index contributed by atoms with van der Waals surface area (Å²) in [7, 11) is -3.69. The van der Waals surface area contributed by atoms with Crippen LogP contribution >= 0.6 is 0 Å². The molecule has 2 N–H and O–H groups in total. The fourth-order valence-corrected chi connectivity index (χ4v) is 3.13. The van der Waals surface area contributed by atoms with E-state index in [9.17, 15) is 13.2 Å². The van der Waals surface area contributed by atoms with Crippen LogP contribution in [-0.4, -0.2) is 14.3 Å². The third-order valence-corrected chi connectivity index (χ3v) is 4.53. The molecule has 0 saturated heterocycles. The van der Waals surface area contributed by atoms with E-state index in [4.69, 9.17) is 4.42 Å². The molecule has 6 nitrogen and oxygen atoms in total. The van der Waals surface area contributed by atoms with Gasteiger partial charge in [-0.25, -0.2) is 13.1 Å². The highest BCUT2D eigenvalue weighted by Crippen LogP contribution is 2.21. The Hall–Kier alpha value is -2.12. The Bertz CT molecular complexity index is 790. The molecule has 0 aliphatic rings. The Morgan fingerprint density at radius 1 is 1.17 bits per heavy atom. The van der Waals surface area contributed by atoms with Gasteiger partial charge < -0.3 is 9.73 Å². The van der Waals surface area contributed by atoms with Crippen molar-refractivity contribution in [1.82, 2.24) is 4.72 Å². The average Bonchev–Trinajstić information content (AvgIpc) is 2.97. The van der Waals surface area contributed by atoms with Gasteiger partial charge in [0.25, 0.3) is 0 Å². The van der Waals surface area contributed by atoms with E-state index in [2.05, 4.69) is 10.0 Å². The van der Waals surface area contributed by atoms with Crippen molar-refractivity contribution in [2.24, 2.45) is 5.41 Å². The van der Waals surface area contributed by atoms with Crippen molar-refractivity contribution in [1.29, 1.82) is 0 Å². The number of amides is 1. The van der Waals surface area contributed by atoms with Crippen LogP contribution in [-0.2, 0) is 21.4 Å². The SMILES string of the molecule is CC(C)(C)CC(=O)Nc1cccc(S(=O)(=O)NCc2ccco2)c1. The first kappa shape index (κ1) is 18.2. The summed E-state index contributed by atoms with van der Waals surface area (Å²) in [6.07, 6.45) is 1.83. The van der Waals surface area contributed by atoms with Crippen LogP contribution in [0, 0.1) is 5.41 Å². The lowest BCUT2D eigenvalue weighted by atomic mass is 9.92. The predicted molar refractivity (Wildman–Crippen MR) is 91.9 cm³/mol. The zero-order valence-corrected chi connectivity index (χ0v) is 14.8. The average molecular weight is 350 g/mol. The van der Waals surface area contributed by atoms with Gasteiger partial charge in [-0.05, 0) is 35.7 Å². The van der Waals surface area contributed by atoms with Crippen molar-refractivity contribution >= 4 is 21.6 Å². The lowest BCUT2D eigenvalue weighted by Gasteiger charge is -2.17. The second-order valence-corrected chi connectivity index (χ2v) is 8.48. The molecular formula is C17H22N2O4S. The molecular weight excluding hydrogens is 328 g/mol. The van der Waals surface area contributed by atoms with Gasteiger partial charge in [0.2, 0.25) is 15.9 Å². The molecule has 130 valence electrons. The van der Waals surface area contributed by atoms with Crippen LogP contribution in [0.1, 0.15) is 33.0 Å². The monoisotopic (exact) mass is 350 g/mol. The fraction of sp³-hybridized carbons (Fsp3) is 0.353. The number of benzene rings is 1. The molecule has 0 aliphatic heterocycles. The minimum Gasteiger partial charge on any atom is -0.468 e. The smallest absolute Gasteiger partial charge is 0.241 e. The van der Waals surface area contributed by atoms with Gasteiger partial charge in [-0.1, -0.05) is 26.8 Å². The van der Waals surface area contributed by atoms with E-state index in [1.165, 1.54) is 18.4 Å². The van der Waals surface area contributed by atoms with E-state index < -0.39 is 10.0 Å². The fourth-order valence-electron chi connectivity index (χ4n) is 2.09. The van der Waals surface area contributed by atoms with Crippen molar-refractivity contribution in [3.05, 3.63) is 48.4 Å². The lowest BCUT2D eigenvalue weighted by molar-refractivity contribution is -0.117. The highest BCUT2D eigenvalue weighted by Gasteiger charge is 2.18. The van der Waals surface area contributed by atoms with Gasteiger partial charge >= 0.3 is 0 Å². The summed E-state index contributed by atoms with van der Waals surface area (Å²) in [5.74, 6) is 0.369. The molecule has 24 heavy (non-hydrogen) atoms. The summed E-state index contributed by atoms with van der Waals surface area (Å²) in [5, 5.41) is 2.73. The maximum absolute atomic E-state index is 12.3. The number of anilines is 1. The Balaban J connectivity index is 2.07. The molecule has 0 saturated carbocycles. The number of nitrogens with one attached hydrogen (secondary N) is 2. The first-order valence-electron chi connectivity index (χ1n) is 7.58. The van der Waals surface area contributed by atoms with Gasteiger partial charge in [0.1, 0.15) is 5.76 Å². The molecule has 0 spiro atoms. The van der Waals surface area contributed by atoms with E-state index >= 15 is 0 Å². The first-order chi connectivity index (χ1) is 11.2. The van der Waals surface area contributed by atoms with Crippen LogP contribution in [0.5, 0.6) is 0 Å². The summed E-state index contributed by atoms with van der Waals surface area (Å²) in [5.41, 5.74) is 0.309. The van der Waals surface area contributed by atoms with Crippen molar-refractivity contribution in [2.45, 2.75) is 38.6 Å². The molecule has 0 bridgehead atoms. The van der Waals surface area contributed by atoms with Gasteiger partial charge in [-0.15, -0.1) is 0 Å². The van der Waals surface area contributed by atoms with Crippen LogP contribution in [0.15, 0.2) is 52.0 Å². The maximum atomic E-state index is 12.3. The van der Waals surface area contributed by atoms with Crippen LogP contribution < -0.4 is 10.0 Å². The normalized spacial score (nSPS) is 12.1. The molecule has 0 fully saturated rings. The molecule has 1 aromatic carbocycles. The minimum atomic E-state index is -3.69. The summed E-state index contributed by atoms with van der Waals surface area (Å²) in [4.78, 5) is 12.1. The summed E-state index contributed by atoms with van der Waals surface area (Å²) >= 11 is 0. The third-order valence-electron chi connectivity index (χ3n) is 3.14. The van der Waals surface area contributed by atoms with E-state index in [-0.39, 0.29) is 22.8 Å². The Morgan fingerprint density at radius 3 is 2.54 bits per heavy atom. The number of hydrogen-bond donors (Lipinski definition) is 2. The van der Waals surface area contributed by atoms with Crippen molar-refractivity contribution in [3.8, 4) is 0 Å². The molecule has 1 aromatic heterocycles. The predicted octanol–water partition coefficient (Wildman–Crippen LogP) is 3.13. The highest BCUT2D eigenvalue weighted by molar-refractivity contribution is 7.89. The van der Waals surface area contributed by atoms with Crippen LogP contribution in [0.2, 0.25) is 0 Å². The number of rotatable bonds is 6. The molecule has 0 aliphatic carbocycles. The Kier molecular flexibility index (Phi) is 5.46. The second kappa shape index (κ2) is 7.19. The van der Waals surface area contributed by atoms with Gasteiger partial charge in [0.15, 0.2) is 0 Å². The maximum Gasteiger partial charge on any atom is 0.241 e. The van der Waals surface area contributed by atoms with Crippen LogP contribution in [0.25, 0.3) is 0 Å². The van der Waals surface area contributed by atoms with Crippen molar-refractivity contribution < 1.29 is 17.6 Å². The van der Waals surface area contributed by atoms with E-state index in [1.54, 1.807) is 24.3 Å². The van der Waals surface area contributed by atoms with Crippen molar-refractivity contribution in [2.75, 3.05) is 5.32 Å². The van der Waals surface area contributed by atoms with Gasteiger partial charge in [-0.3, -0.25) is 4.79 Å². The van der Waals surface area contributed by atoms with Crippen LogP contribution in [0.4, 0.5) is 5.69 Å². The molecule has 0 atom stereocenters. The molecule has 7 heteroatoms. The first-order valence-corrected chi connectivity index (χ1v) is 9.06. The highest BCUT2D eigenvalue weighted by atomic mass is 32.2. The molecule has 1 amide bonds. The quantitative estimate of drug-likeness (QED) is 0.838. The Labute approximate surface area is 142 Å². The van der Waals surface area contributed by atoms with E-state index in [0.717, 1.165) is 0 Å². The lowest BCUT2D eigenvalue weighted by Crippen LogP contribution is -2.23. The largest absolute Gasteiger partial charge is 0.468 e. The molecule has 2 rings (SSSR count). The third kappa shape index (κ3) is 5.50. The van der Waals surface area contributed by atoms with Gasteiger partial charge in [-0.2, -0.15) is 0 Å². The number of sulfonamides is 1. The van der Waals surface area contributed by atoms with Crippen LogP contribution in [0.3, 0.4) is 0 Å². The topological polar surface area (TPSA) is 88.4 Å². The van der Waals surface area contributed by atoms with Gasteiger partial charge in [0.05, 0.1) is 17.7 Å².